The van der Waals surface area contributed by atoms with Gasteiger partial charge in [0.15, 0.2) is 5.11 Å². The summed E-state index contributed by atoms with van der Waals surface area (Å²) in [6.45, 7) is 0.737. The number of hydrogen-bond donors (Lipinski definition) is 2. The van der Waals surface area contributed by atoms with Gasteiger partial charge in [0.05, 0.1) is 7.11 Å². The molecule has 0 saturated heterocycles. The van der Waals surface area contributed by atoms with E-state index in [0.29, 0.717) is 16.6 Å². The topological polar surface area (TPSA) is 68.2 Å². The molecular weight excluding hydrogens is 384 g/mol. The second-order valence-electron chi connectivity index (χ2n) is 6.17. The number of unbranched alkanes of at least 4 members (excludes halogenated alkanes) is 2. The minimum Gasteiger partial charge on any atom is -0.469 e. The summed E-state index contributed by atoms with van der Waals surface area (Å²) in [4.78, 5) is 15.5. The predicted molar refractivity (Wildman–Crippen MR) is 111 cm³/mol. The van der Waals surface area contributed by atoms with Gasteiger partial charge in [-0.3, -0.25) is 4.79 Å². The highest BCUT2D eigenvalue weighted by atomic mass is 35.5. The number of rotatable bonds is 9. The average Bonchev–Trinajstić information content (AvgIpc) is 3.08. The van der Waals surface area contributed by atoms with E-state index in [0.717, 1.165) is 37.2 Å². The number of hydrogen-bond acceptors (Lipinski definition) is 4. The van der Waals surface area contributed by atoms with Crippen molar-refractivity contribution in [3.05, 3.63) is 53.1 Å². The van der Waals surface area contributed by atoms with E-state index in [1.165, 1.54) is 7.11 Å². The molecule has 0 saturated carbocycles. The van der Waals surface area contributed by atoms with Crippen LogP contribution in [0, 0.1) is 0 Å². The third-order valence-electron chi connectivity index (χ3n) is 4.17. The highest BCUT2D eigenvalue weighted by molar-refractivity contribution is 7.80. The van der Waals surface area contributed by atoms with Crippen molar-refractivity contribution >= 4 is 34.9 Å². The standard InChI is InChI=1S/C19H25ClN4O2S/c1-24-13-12-21-18(24)17(14-7-9-15(20)10-8-14)23-19(27)22-11-5-3-4-6-16(25)26-2/h7-10,12-13,17H,3-6,11H2,1-2H3,(H2,22,23,27)/t17-/m1/s1. The monoisotopic (exact) mass is 408 g/mol. The molecule has 8 heteroatoms. The fourth-order valence-corrected chi connectivity index (χ4v) is 3.01. The summed E-state index contributed by atoms with van der Waals surface area (Å²) < 4.78 is 6.59. The fraction of sp³-hybridized carbons (Fsp3) is 0.421. The van der Waals surface area contributed by atoms with Gasteiger partial charge in [-0.2, -0.15) is 0 Å². The van der Waals surface area contributed by atoms with Crippen molar-refractivity contribution in [2.75, 3.05) is 13.7 Å². The Morgan fingerprint density at radius 3 is 2.67 bits per heavy atom. The number of aryl methyl sites for hydroxylation is 1. The molecule has 0 aliphatic heterocycles. The van der Waals surface area contributed by atoms with Crippen LogP contribution in [0.2, 0.25) is 5.02 Å². The largest absolute Gasteiger partial charge is 0.469 e. The Labute approximate surface area is 170 Å². The molecule has 0 spiro atoms. The lowest BCUT2D eigenvalue weighted by Gasteiger charge is -2.21. The maximum atomic E-state index is 11.1. The molecule has 2 rings (SSSR count). The molecule has 0 unspecified atom stereocenters. The Hall–Kier alpha value is -2.12. The number of imidazole rings is 1. The number of nitrogens with zero attached hydrogens (tertiary/aromatic N) is 2. The second-order valence-corrected chi connectivity index (χ2v) is 7.01. The molecule has 1 heterocycles. The zero-order chi connectivity index (χ0) is 19.6. The fourth-order valence-electron chi connectivity index (χ4n) is 2.66. The average molecular weight is 409 g/mol. The van der Waals surface area contributed by atoms with Crippen molar-refractivity contribution in [1.29, 1.82) is 0 Å². The Morgan fingerprint density at radius 1 is 1.30 bits per heavy atom. The van der Waals surface area contributed by atoms with E-state index in [1.807, 2.05) is 42.1 Å². The van der Waals surface area contributed by atoms with Crippen molar-refractivity contribution in [1.82, 2.24) is 20.2 Å². The minimum absolute atomic E-state index is 0.166. The molecule has 2 N–H and O–H groups in total. The van der Waals surface area contributed by atoms with Crippen molar-refractivity contribution in [3.8, 4) is 0 Å². The molecule has 0 fully saturated rings. The van der Waals surface area contributed by atoms with Crippen LogP contribution in [0.4, 0.5) is 0 Å². The number of carbonyl (C=O) groups excluding carboxylic acids is 1. The number of nitrogens with one attached hydrogen (secondary N) is 2. The van der Waals surface area contributed by atoms with Crippen LogP contribution < -0.4 is 10.6 Å². The number of carbonyl (C=O) groups is 1. The van der Waals surface area contributed by atoms with Crippen molar-refractivity contribution in [3.63, 3.8) is 0 Å². The number of aromatic nitrogens is 2. The van der Waals surface area contributed by atoms with Crippen LogP contribution in [0.15, 0.2) is 36.7 Å². The highest BCUT2D eigenvalue weighted by Crippen LogP contribution is 2.22. The van der Waals surface area contributed by atoms with E-state index in [-0.39, 0.29) is 12.0 Å². The third-order valence-corrected chi connectivity index (χ3v) is 4.68. The minimum atomic E-state index is -0.179. The van der Waals surface area contributed by atoms with Crippen LogP contribution in [0.3, 0.4) is 0 Å². The molecule has 0 aliphatic rings. The molecule has 6 nitrogen and oxygen atoms in total. The summed E-state index contributed by atoms with van der Waals surface area (Å²) >= 11 is 11.5. The smallest absolute Gasteiger partial charge is 0.305 e. The first-order valence-corrected chi connectivity index (χ1v) is 9.63. The Balaban J connectivity index is 1.88. The summed E-state index contributed by atoms with van der Waals surface area (Å²) in [5.74, 6) is 0.695. The molecule has 0 amide bonds. The number of thiocarbonyl (C=S) groups is 1. The number of esters is 1. The molecule has 1 atom stereocenters. The molecule has 1 aromatic heterocycles. The van der Waals surface area contributed by atoms with Crippen molar-refractivity contribution in [2.24, 2.45) is 7.05 Å². The number of benzene rings is 1. The van der Waals surface area contributed by atoms with E-state index in [4.69, 9.17) is 23.8 Å². The number of ether oxygens (including phenoxy) is 1. The van der Waals surface area contributed by atoms with Gasteiger partial charge in [0.25, 0.3) is 0 Å². The summed E-state index contributed by atoms with van der Waals surface area (Å²) in [6, 6.07) is 7.45. The lowest BCUT2D eigenvalue weighted by molar-refractivity contribution is -0.140. The van der Waals surface area contributed by atoms with E-state index in [1.54, 1.807) is 6.20 Å². The van der Waals surface area contributed by atoms with Crippen LogP contribution >= 0.6 is 23.8 Å². The Morgan fingerprint density at radius 2 is 2.04 bits per heavy atom. The normalized spacial score (nSPS) is 11.7. The van der Waals surface area contributed by atoms with Crippen molar-refractivity contribution in [2.45, 2.75) is 31.7 Å². The van der Waals surface area contributed by atoms with Gasteiger partial charge in [-0.15, -0.1) is 0 Å². The summed E-state index contributed by atoms with van der Waals surface area (Å²) in [7, 11) is 3.36. The van der Waals surface area contributed by atoms with Gasteiger partial charge in [-0.05, 0) is 42.8 Å². The highest BCUT2D eigenvalue weighted by Gasteiger charge is 2.19. The third kappa shape index (κ3) is 6.84. The van der Waals surface area contributed by atoms with Crippen LogP contribution in [-0.4, -0.2) is 34.3 Å². The van der Waals surface area contributed by atoms with Gasteiger partial charge in [-0.1, -0.05) is 30.2 Å². The Bertz CT molecular complexity index is 748. The molecule has 0 aliphatic carbocycles. The lowest BCUT2D eigenvalue weighted by Crippen LogP contribution is -2.39. The molecule has 146 valence electrons. The molecule has 0 radical (unpaired) electrons. The van der Waals surface area contributed by atoms with E-state index < -0.39 is 0 Å². The maximum absolute atomic E-state index is 11.1. The van der Waals surface area contributed by atoms with Gasteiger partial charge in [0, 0.05) is 37.4 Å². The van der Waals surface area contributed by atoms with E-state index in [9.17, 15) is 4.79 Å². The first-order valence-electron chi connectivity index (χ1n) is 8.85. The summed E-state index contributed by atoms with van der Waals surface area (Å²) in [5, 5.41) is 7.80. The summed E-state index contributed by atoms with van der Waals surface area (Å²) in [5.41, 5.74) is 1.02. The molecule has 27 heavy (non-hydrogen) atoms. The zero-order valence-electron chi connectivity index (χ0n) is 15.6. The van der Waals surface area contributed by atoms with Gasteiger partial charge >= 0.3 is 5.97 Å². The van der Waals surface area contributed by atoms with Crippen LogP contribution in [-0.2, 0) is 16.6 Å². The van der Waals surface area contributed by atoms with E-state index >= 15 is 0 Å². The first kappa shape index (κ1) is 21.2. The number of methoxy groups -OCH3 is 1. The SMILES string of the molecule is COC(=O)CCCCCNC(=S)N[C@H](c1ccc(Cl)cc1)c1nccn1C. The van der Waals surface area contributed by atoms with Crippen LogP contribution in [0.25, 0.3) is 0 Å². The lowest BCUT2D eigenvalue weighted by atomic mass is 10.1. The molecule has 2 aromatic rings. The number of halogens is 1. The van der Waals surface area contributed by atoms with Crippen molar-refractivity contribution < 1.29 is 9.53 Å². The zero-order valence-corrected chi connectivity index (χ0v) is 17.1. The van der Waals surface area contributed by atoms with Crippen LogP contribution in [0.1, 0.15) is 43.1 Å². The maximum Gasteiger partial charge on any atom is 0.305 e. The molecule has 1 aromatic carbocycles. The van der Waals surface area contributed by atoms with Gasteiger partial charge in [0.2, 0.25) is 0 Å². The molecule has 0 bridgehead atoms. The van der Waals surface area contributed by atoms with Gasteiger partial charge in [-0.25, -0.2) is 4.98 Å². The summed E-state index contributed by atoms with van der Waals surface area (Å²) in [6.07, 6.45) is 6.79. The quantitative estimate of drug-likeness (QED) is 0.376. The second kappa shape index (κ2) is 10.9. The van der Waals surface area contributed by atoms with E-state index in [2.05, 4.69) is 20.4 Å². The molecular formula is C19H25ClN4O2S. The van der Waals surface area contributed by atoms with Gasteiger partial charge in [0.1, 0.15) is 11.9 Å². The first-order chi connectivity index (χ1) is 13.0. The predicted octanol–water partition coefficient (Wildman–Crippen LogP) is 3.36. The Kier molecular flexibility index (Phi) is 8.54. The van der Waals surface area contributed by atoms with Gasteiger partial charge < -0.3 is 19.9 Å². The van der Waals surface area contributed by atoms with Crippen LogP contribution in [0.5, 0.6) is 0 Å².